The van der Waals surface area contributed by atoms with Crippen LogP contribution in [0, 0.1) is 0 Å². The molecule has 12 heteroatoms. The zero-order valence-corrected chi connectivity index (χ0v) is 25.4. The molecule has 2 fully saturated rings. The molecule has 1 amide bonds. The third-order valence-corrected chi connectivity index (χ3v) is 8.93. The number of benzene rings is 1. The monoisotopic (exact) mass is 614 g/mol. The Balaban J connectivity index is 1.44. The van der Waals surface area contributed by atoms with Crippen molar-refractivity contribution in [3.63, 3.8) is 0 Å². The minimum atomic E-state index is -4.42. The predicted octanol–water partition coefficient (Wildman–Crippen LogP) is 5.60. The summed E-state index contributed by atoms with van der Waals surface area (Å²) in [4.78, 5) is 27.6. The first kappa shape index (κ1) is 31.1. The number of aromatic nitrogens is 2. The summed E-state index contributed by atoms with van der Waals surface area (Å²) in [6.07, 6.45) is -1.16. The molecular weight excluding hydrogens is 577 g/mol. The minimum absolute atomic E-state index is 0.0251. The van der Waals surface area contributed by atoms with Crippen molar-refractivity contribution < 1.29 is 22.7 Å². The Labute approximate surface area is 254 Å². The van der Waals surface area contributed by atoms with Gasteiger partial charge in [0.15, 0.2) is 5.69 Å². The van der Waals surface area contributed by atoms with Crippen LogP contribution >= 0.6 is 11.9 Å². The molecule has 0 saturated carbocycles. The van der Waals surface area contributed by atoms with Crippen LogP contribution in [0.5, 0.6) is 5.88 Å². The molecule has 1 aromatic carbocycles. The highest BCUT2D eigenvalue weighted by Crippen LogP contribution is 2.39. The first-order valence-corrected chi connectivity index (χ1v) is 15.4. The van der Waals surface area contributed by atoms with Crippen LogP contribution in [0.4, 0.5) is 18.9 Å². The lowest BCUT2D eigenvalue weighted by Crippen LogP contribution is -2.51. The van der Waals surface area contributed by atoms with Crippen molar-refractivity contribution in [1.82, 2.24) is 24.5 Å². The van der Waals surface area contributed by atoms with Crippen LogP contribution in [0.1, 0.15) is 42.7 Å². The lowest BCUT2D eigenvalue weighted by molar-refractivity contribution is -0.139. The molecule has 4 heterocycles. The van der Waals surface area contributed by atoms with Gasteiger partial charge in [-0.3, -0.25) is 4.79 Å². The SMILES string of the molecule is CCOc1ncccc1-c1ccc(N2CCN(Sc3ccccc3C(F)(F)F)C[C@H]2CC)c(C(=O)N[C@@H]2CCN(C)C2)n1. The van der Waals surface area contributed by atoms with Crippen LogP contribution in [0.2, 0.25) is 0 Å². The fourth-order valence-electron chi connectivity index (χ4n) is 5.64. The first-order valence-electron chi connectivity index (χ1n) is 14.6. The zero-order valence-electron chi connectivity index (χ0n) is 24.6. The summed E-state index contributed by atoms with van der Waals surface area (Å²) >= 11 is 1.14. The molecular formula is C31H37F3N6O2S. The number of anilines is 1. The van der Waals surface area contributed by atoms with E-state index in [2.05, 4.69) is 27.0 Å². The van der Waals surface area contributed by atoms with E-state index in [9.17, 15) is 18.0 Å². The van der Waals surface area contributed by atoms with Gasteiger partial charge in [0.25, 0.3) is 5.91 Å². The largest absolute Gasteiger partial charge is 0.477 e. The van der Waals surface area contributed by atoms with Crippen LogP contribution in [0.25, 0.3) is 11.3 Å². The van der Waals surface area contributed by atoms with Crippen LogP contribution in [-0.2, 0) is 6.18 Å². The van der Waals surface area contributed by atoms with E-state index in [-0.39, 0.29) is 22.9 Å². The third kappa shape index (κ3) is 7.25. The van der Waals surface area contributed by atoms with Gasteiger partial charge in [-0.1, -0.05) is 19.1 Å². The van der Waals surface area contributed by atoms with Gasteiger partial charge in [-0.2, -0.15) is 13.2 Å². The van der Waals surface area contributed by atoms with Gasteiger partial charge in [0, 0.05) is 49.4 Å². The summed E-state index contributed by atoms with van der Waals surface area (Å²) in [7, 11) is 2.03. The normalized spacial score (nSPS) is 19.9. The van der Waals surface area contributed by atoms with Crippen LogP contribution in [0.3, 0.4) is 0 Å². The minimum Gasteiger partial charge on any atom is -0.477 e. The molecule has 0 bridgehead atoms. The maximum Gasteiger partial charge on any atom is 0.417 e. The Kier molecular flexibility index (Phi) is 9.78. The molecule has 43 heavy (non-hydrogen) atoms. The molecule has 3 aromatic rings. The van der Waals surface area contributed by atoms with E-state index in [0.717, 1.165) is 43.9 Å². The van der Waals surface area contributed by atoms with Crippen LogP contribution in [0.15, 0.2) is 59.6 Å². The summed E-state index contributed by atoms with van der Waals surface area (Å²) in [5, 5.41) is 3.18. The van der Waals surface area contributed by atoms with Gasteiger partial charge >= 0.3 is 6.18 Å². The fourth-order valence-corrected chi connectivity index (χ4v) is 6.76. The van der Waals surface area contributed by atoms with Gasteiger partial charge in [0.2, 0.25) is 5.88 Å². The topological polar surface area (TPSA) is 73.8 Å². The molecule has 8 nitrogen and oxygen atoms in total. The van der Waals surface area contributed by atoms with Crippen LogP contribution < -0.4 is 15.0 Å². The predicted molar refractivity (Wildman–Crippen MR) is 162 cm³/mol. The number of nitrogens with zero attached hydrogens (tertiary/aromatic N) is 5. The summed E-state index contributed by atoms with van der Waals surface area (Å²) in [5.41, 5.74) is 1.68. The van der Waals surface area contributed by atoms with Gasteiger partial charge in [0.05, 0.1) is 29.1 Å². The number of alkyl halides is 3. The lowest BCUT2D eigenvalue weighted by Gasteiger charge is -2.42. The van der Waals surface area contributed by atoms with Crippen molar-refractivity contribution in [2.24, 2.45) is 0 Å². The Morgan fingerprint density at radius 1 is 1.07 bits per heavy atom. The molecule has 0 aliphatic carbocycles. The van der Waals surface area contributed by atoms with Crippen molar-refractivity contribution >= 4 is 23.5 Å². The highest BCUT2D eigenvalue weighted by molar-refractivity contribution is 7.97. The first-order chi connectivity index (χ1) is 20.7. The maximum absolute atomic E-state index is 13.8. The van der Waals surface area contributed by atoms with Crippen molar-refractivity contribution in [3.05, 3.63) is 66.0 Å². The van der Waals surface area contributed by atoms with Crippen molar-refractivity contribution in [2.45, 2.75) is 49.8 Å². The Morgan fingerprint density at radius 3 is 2.60 bits per heavy atom. The molecule has 2 saturated heterocycles. The van der Waals surface area contributed by atoms with Gasteiger partial charge < -0.3 is 19.9 Å². The van der Waals surface area contributed by atoms with Gasteiger partial charge in [-0.15, -0.1) is 0 Å². The summed E-state index contributed by atoms with van der Waals surface area (Å²) < 4.78 is 48.6. The molecule has 0 radical (unpaired) electrons. The summed E-state index contributed by atoms with van der Waals surface area (Å²) in [6.45, 7) is 7.63. The number of halogens is 3. The zero-order chi connectivity index (χ0) is 30.6. The van der Waals surface area contributed by atoms with Crippen molar-refractivity contribution in [1.29, 1.82) is 0 Å². The van der Waals surface area contributed by atoms with E-state index < -0.39 is 11.7 Å². The number of amides is 1. The van der Waals surface area contributed by atoms with Crippen molar-refractivity contribution in [2.75, 3.05) is 51.3 Å². The fraction of sp³-hybridized carbons (Fsp3) is 0.452. The molecule has 2 aromatic heterocycles. The molecule has 230 valence electrons. The standard InChI is InChI=1S/C31H37F3N6O2S/c1-4-22-20-39(43-27-11-7-6-10-24(27)31(32,33)34)17-18-40(22)26-13-12-25(23-9-8-15-35-30(23)42-5-2)37-28(26)29(41)36-21-14-16-38(3)19-21/h6-13,15,21-22H,4-5,14,16-20H2,1-3H3,(H,36,41)/t21-,22-/m1/s1. The van der Waals surface area contributed by atoms with E-state index in [1.54, 1.807) is 12.3 Å². The number of likely N-dealkylation sites (tertiary alicyclic amines) is 1. The molecule has 5 rings (SSSR count). The van der Waals surface area contributed by atoms with E-state index in [0.29, 0.717) is 54.8 Å². The number of pyridine rings is 2. The van der Waals surface area contributed by atoms with E-state index in [4.69, 9.17) is 9.72 Å². The lowest BCUT2D eigenvalue weighted by atomic mass is 10.1. The Morgan fingerprint density at radius 2 is 1.88 bits per heavy atom. The molecule has 0 spiro atoms. The van der Waals surface area contributed by atoms with E-state index >= 15 is 0 Å². The second kappa shape index (κ2) is 13.5. The summed E-state index contributed by atoms with van der Waals surface area (Å²) in [6, 6.07) is 13.1. The second-order valence-corrected chi connectivity index (χ2v) is 11.9. The molecule has 2 aliphatic rings. The average molecular weight is 615 g/mol. The molecule has 0 unspecified atom stereocenters. The van der Waals surface area contributed by atoms with Crippen LogP contribution in [-0.4, -0.2) is 83.5 Å². The second-order valence-electron chi connectivity index (χ2n) is 10.8. The summed E-state index contributed by atoms with van der Waals surface area (Å²) in [5.74, 6) is 0.204. The van der Waals surface area contributed by atoms with Crippen molar-refractivity contribution in [3.8, 4) is 17.1 Å². The molecule has 2 aliphatic heterocycles. The number of carbonyl (C=O) groups excluding carboxylic acids is 1. The molecule has 1 N–H and O–H groups in total. The number of piperazine rings is 1. The number of likely N-dealkylation sites (N-methyl/N-ethyl adjacent to an activating group) is 1. The number of nitrogens with one attached hydrogen (secondary N) is 1. The average Bonchev–Trinajstić information content (AvgIpc) is 3.41. The maximum atomic E-state index is 13.8. The number of ether oxygens (including phenoxy) is 1. The van der Waals surface area contributed by atoms with E-state index in [1.165, 1.54) is 12.1 Å². The number of hydrogen-bond acceptors (Lipinski definition) is 8. The number of hydrogen-bond donors (Lipinski definition) is 1. The smallest absolute Gasteiger partial charge is 0.417 e. The third-order valence-electron chi connectivity index (χ3n) is 7.79. The number of carbonyl (C=O) groups is 1. The van der Waals surface area contributed by atoms with E-state index in [1.807, 2.05) is 42.5 Å². The number of rotatable bonds is 9. The quantitative estimate of drug-likeness (QED) is 0.312. The van der Waals surface area contributed by atoms with Gasteiger partial charge in [-0.05, 0) is 81.7 Å². The van der Waals surface area contributed by atoms with Gasteiger partial charge in [-0.25, -0.2) is 14.3 Å². The Bertz CT molecular complexity index is 1420. The highest BCUT2D eigenvalue weighted by atomic mass is 32.2. The highest BCUT2D eigenvalue weighted by Gasteiger charge is 2.36. The van der Waals surface area contributed by atoms with Gasteiger partial charge in [0.1, 0.15) is 0 Å². The Hall–Kier alpha value is -3.35. The molecule has 2 atom stereocenters.